The molecule has 2 rings (SSSR count). The topological polar surface area (TPSA) is 94.9 Å². The highest BCUT2D eigenvalue weighted by Crippen LogP contribution is 2.24. The van der Waals surface area contributed by atoms with Crippen molar-refractivity contribution in [2.75, 3.05) is 5.73 Å². The Hall–Kier alpha value is -2.57. The molecule has 1 amide bonds. The van der Waals surface area contributed by atoms with Crippen molar-refractivity contribution in [3.8, 4) is 11.3 Å². The fraction of sp³-hybridized carbons (Fsp3) is 0. The smallest absolute Gasteiger partial charge is 0.271 e. The molecular weight excluding hydrogens is 242 g/mol. The normalized spacial score (nSPS) is 10.3. The molecule has 2 aromatic rings. The molecule has 1 aromatic heterocycles. The van der Waals surface area contributed by atoms with Crippen LogP contribution in [0.1, 0.15) is 10.5 Å². The van der Waals surface area contributed by atoms with Crippen LogP contribution in [0.3, 0.4) is 0 Å². The molecule has 0 unspecified atom stereocenters. The fourth-order valence-electron chi connectivity index (χ4n) is 1.44. The van der Waals surface area contributed by atoms with Crippen molar-refractivity contribution >= 4 is 11.7 Å². The molecule has 0 spiro atoms. The maximum Gasteiger partial charge on any atom is 0.271 e. The quantitative estimate of drug-likeness (QED) is 0.834. The van der Waals surface area contributed by atoms with Crippen molar-refractivity contribution in [3.63, 3.8) is 0 Å². The van der Waals surface area contributed by atoms with E-state index in [2.05, 4.69) is 9.97 Å². The Balaban J connectivity index is 2.65. The molecule has 0 aliphatic carbocycles. The number of rotatable bonds is 2. The largest absolute Gasteiger partial charge is 0.382 e. The van der Waals surface area contributed by atoms with Crippen molar-refractivity contribution < 1.29 is 13.6 Å². The van der Waals surface area contributed by atoms with Gasteiger partial charge in [0.05, 0.1) is 17.5 Å². The molecule has 0 saturated carbocycles. The van der Waals surface area contributed by atoms with Crippen LogP contribution in [0.5, 0.6) is 0 Å². The SMILES string of the molecule is NC(=O)c1nc(-c2c(F)cccc2F)cnc1N. The highest BCUT2D eigenvalue weighted by Gasteiger charge is 2.16. The molecule has 1 heterocycles. The summed E-state index contributed by atoms with van der Waals surface area (Å²) in [7, 11) is 0. The number of nitrogens with zero attached hydrogens (tertiary/aromatic N) is 2. The van der Waals surface area contributed by atoms with Crippen LogP contribution in [0.15, 0.2) is 24.4 Å². The van der Waals surface area contributed by atoms with E-state index >= 15 is 0 Å². The van der Waals surface area contributed by atoms with E-state index in [0.29, 0.717) is 0 Å². The molecular formula is C11H8F2N4O. The maximum atomic E-state index is 13.5. The number of nitrogen functional groups attached to an aromatic ring is 1. The highest BCUT2D eigenvalue weighted by molar-refractivity contribution is 5.95. The van der Waals surface area contributed by atoms with Gasteiger partial charge < -0.3 is 11.5 Å². The Morgan fingerprint density at radius 2 is 1.83 bits per heavy atom. The first-order valence-corrected chi connectivity index (χ1v) is 4.87. The van der Waals surface area contributed by atoms with Gasteiger partial charge in [-0.2, -0.15) is 0 Å². The zero-order valence-electron chi connectivity index (χ0n) is 9.02. The number of benzene rings is 1. The lowest BCUT2D eigenvalue weighted by molar-refractivity contribution is 0.0996. The monoisotopic (exact) mass is 250 g/mol. The summed E-state index contributed by atoms with van der Waals surface area (Å²) in [5.74, 6) is -2.74. The van der Waals surface area contributed by atoms with Crippen molar-refractivity contribution in [2.45, 2.75) is 0 Å². The Bertz CT molecular complexity index is 610. The van der Waals surface area contributed by atoms with Crippen LogP contribution < -0.4 is 11.5 Å². The molecule has 0 bridgehead atoms. The number of amides is 1. The minimum absolute atomic E-state index is 0.145. The second-order valence-corrected chi connectivity index (χ2v) is 3.45. The second-order valence-electron chi connectivity index (χ2n) is 3.45. The van der Waals surface area contributed by atoms with Gasteiger partial charge in [0.2, 0.25) is 0 Å². The van der Waals surface area contributed by atoms with Crippen LogP contribution in [0.2, 0.25) is 0 Å². The lowest BCUT2D eigenvalue weighted by Crippen LogP contribution is -2.17. The summed E-state index contributed by atoms with van der Waals surface area (Å²) in [5, 5.41) is 0. The number of carbonyl (C=O) groups excluding carboxylic acids is 1. The maximum absolute atomic E-state index is 13.5. The van der Waals surface area contributed by atoms with Crippen LogP contribution in [0, 0.1) is 11.6 Å². The zero-order chi connectivity index (χ0) is 13.3. The van der Waals surface area contributed by atoms with Gasteiger partial charge in [-0.1, -0.05) is 6.07 Å². The highest BCUT2D eigenvalue weighted by atomic mass is 19.1. The van der Waals surface area contributed by atoms with E-state index in [9.17, 15) is 13.6 Å². The lowest BCUT2D eigenvalue weighted by Gasteiger charge is -2.06. The van der Waals surface area contributed by atoms with Crippen LogP contribution in [0.4, 0.5) is 14.6 Å². The standard InChI is InChI=1S/C11H8F2N4O/c12-5-2-1-3-6(13)8(5)7-4-16-10(14)9(17-7)11(15)18/h1-4H,(H2,14,16)(H2,15,18). The van der Waals surface area contributed by atoms with Gasteiger partial charge in [0.1, 0.15) is 11.6 Å². The summed E-state index contributed by atoms with van der Waals surface area (Å²) in [6, 6.07) is 3.36. The Kier molecular flexibility index (Phi) is 2.88. The van der Waals surface area contributed by atoms with E-state index in [4.69, 9.17) is 11.5 Å². The van der Waals surface area contributed by atoms with Crippen LogP contribution in [-0.4, -0.2) is 15.9 Å². The van der Waals surface area contributed by atoms with E-state index < -0.39 is 17.5 Å². The molecule has 0 atom stereocenters. The van der Waals surface area contributed by atoms with E-state index in [1.54, 1.807) is 0 Å². The molecule has 0 aliphatic rings. The first-order valence-electron chi connectivity index (χ1n) is 4.87. The van der Waals surface area contributed by atoms with Gasteiger partial charge in [-0.15, -0.1) is 0 Å². The number of primary amides is 1. The van der Waals surface area contributed by atoms with Gasteiger partial charge in [0.25, 0.3) is 5.91 Å². The van der Waals surface area contributed by atoms with E-state index in [1.807, 2.05) is 0 Å². The molecule has 92 valence electrons. The number of hydrogen-bond acceptors (Lipinski definition) is 4. The van der Waals surface area contributed by atoms with Crippen LogP contribution in [-0.2, 0) is 0 Å². The van der Waals surface area contributed by atoms with Crippen LogP contribution in [0.25, 0.3) is 11.3 Å². The molecule has 0 aliphatic heterocycles. The summed E-state index contributed by atoms with van der Waals surface area (Å²) in [6.07, 6.45) is 1.07. The van der Waals surface area contributed by atoms with Gasteiger partial charge in [0.15, 0.2) is 11.5 Å². The third-order valence-electron chi connectivity index (χ3n) is 2.25. The Morgan fingerprint density at radius 1 is 1.22 bits per heavy atom. The Labute approximate surface area is 100 Å². The fourth-order valence-corrected chi connectivity index (χ4v) is 1.44. The van der Waals surface area contributed by atoms with E-state index in [-0.39, 0.29) is 22.8 Å². The van der Waals surface area contributed by atoms with Crippen molar-refractivity contribution in [3.05, 3.63) is 41.7 Å². The van der Waals surface area contributed by atoms with Gasteiger partial charge in [0, 0.05) is 0 Å². The number of nitrogens with two attached hydrogens (primary N) is 2. The summed E-state index contributed by atoms with van der Waals surface area (Å²) in [4.78, 5) is 18.4. The van der Waals surface area contributed by atoms with Gasteiger partial charge in [-0.3, -0.25) is 4.79 Å². The van der Waals surface area contributed by atoms with E-state index in [1.165, 1.54) is 6.07 Å². The molecule has 0 saturated heterocycles. The van der Waals surface area contributed by atoms with E-state index in [0.717, 1.165) is 18.3 Å². The molecule has 7 heteroatoms. The zero-order valence-corrected chi connectivity index (χ0v) is 9.02. The molecule has 18 heavy (non-hydrogen) atoms. The minimum atomic E-state index is -0.918. The van der Waals surface area contributed by atoms with Crippen molar-refractivity contribution in [1.82, 2.24) is 9.97 Å². The van der Waals surface area contributed by atoms with Gasteiger partial charge in [-0.05, 0) is 12.1 Å². The third kappa shape index (κ3) is 1.97. The predicted molar refractivity (Wildman–Crippen MR) is 60.3 cm³/mol. The van der Waals surface area contributed by atoms with Gasteiger partial charge in [-0.25, -0.2) is 18.7 Å². The first-order chi connectivity index (χ1) is 8.50. The average Bonchev–Trinajstić information content (AvgIpc) is 2.30. The van der Waals surface area contributed by atoms with Gasteiger partial charge >= 0.3 is 0 Å². The molecule has 1 aromatic carbocycles. The number of halogens is 2. The first kappa shape index (κ1) is 11.9. The summed E-state index contributed by atoms with van der Waals surface area (Å²) >= 11 is 0. The minimum Gasteiger partial charge on any atom is -0.382 e. The molecule has 4 N–H and O–H groups in total. The Morgan fingerprint density at radius 3 is 2.39 bits per heavy atom. The third-order valence-corrected chi connectivity index (χ3v) is 2.25. The summed E-state index contributed by atoms with van der Waals surface area (Å²) in [5.41, 5.74) is 9.56. The number of hydrogen-bond donors (Lipinski definition) is 2. The number of aromatic nitrogens is 2. The van der Waals surface area contributed by atoms with Crippen molar-refractivity contribution in [2.24, 2.45) is 5.73 Å². The lowest BCUT2D eigenvalue weighted by atomic mass is 10.1. The number of anilines is 1. The molecule has 5 nitrogen and oxygen atoms in total. The number of carbonyl (C=O) groups is 1. The van der Waals surface area contributed by atoms with Crippen LogP contribution >= 0.6 is 0 Å². The average molecular weight is 250 g/mol. The molecule has 0 fully saturated rings. The second kappa shape index (κ2) is 4.36. The van der Waals surface area contributed by atoms with Crippen molar-refractivity contribution in [1.29, 1.82) is 0 Å². The molecule has 0 radical (unpaired) electrons. The summed E-state index contributed by atoms with van der Waals surface area (Å²) in [6.45, 7) is 0. The summed E-state index contributed by atoms with van der Waals surface area (Å²) < 4.78 is 27.0. The predicted octanol–water partition coefficient (Wildman–Crippen LogP) is 1.10.